The van der Waals surface area contributed by atoms with Crippen molar-refractivity contribution in [3.05, 3.63) is 40.2 Å². The van der Waals surface area contributed by atoms with Crippen LogP contribution in [0, 0.1) is 0 Å². The summed E-state index contributed by atoms with van der Waals surface area (Å²) in [5, 5.41) is 4.92. The van der Waals surface area contributed by atoms with Crippen molar-refractivity contribution >= 4 is 33.2 Å². The molecule has 3 aromatic rings. The topological polar surface area (TPSA) is 75.6 Å². The maximum absolute atomic E-state index is 5.54. The highest BCUT2D eigenvalue weighted by molar-refractivity contribution is 7.19. The van der Waals surface area contributed by atoms with Gasteiger partial charge in [-0.25, -0.2) is 15.0 Å². The molecule has 1 N–H and O–H groups in total. The van der Waals surface area contributed by atoms with E-state index in [2.05, 4.69) is 21.2 Å². The molecule has 0 radical (unpaired) electrons. The Morgan fingerprint density at radius 1 is 1.00 bits per heavy atom. The van der Waals surface area contributed by atoms with Crippen LogP contribution in [0.5, 0.6) is 0 Å². The molecule has 2 saturated heterocycles. The van der Waals surface area contributed by atoms with Gasteiger partial charge in [0.1, 0.15) is 22.3 Å². The van der Waals surface area contributed by atoms with Crippen molar-refractivity contribution in [3.8, 4) is 0 Å². The van der Waals surface area contributed by atoms with Gasteiger partial charge in [0, 0.05) is 49.4 Å². The molecule has 0 unspecified atom stereocenters. The number of ether oxygens (including phenoxy) is 2. The molecule has 3 aliphatic rings. The molecule has 2 fully saturated rings. The SMILES string of the molecule is c1cnc(N2CCOCC2)c(CNc2nc(CN3CCOCC3)nc3sc4c(c23)CCC4)c1. The highest BCUT2D eigenvalue weighted by atomic mass is 32.1. The van der Waals surface area contributed by atoms with E-state index in [4.69, 9.17) is 24.4 Å². The molecule has 5 heterocycles. The first-order chi connectivity index (χ1) is 16.3. The van der Waals surface area contributed by atoms with Crippen molar-refractivity contribution < 1.29 is 9.47 Å². The molecule has 2 aliphatic heterocycles. The third-order valence-electron chi connectivity index (χ3n) is 6.70. The third-order valence-corrected chi connectivity index (χ3v) is 7.89. The van der Waals surface area contributed by atoms with E-state index in [1.165, 1.54) is 34.2 Å². The number of nitrogens with zero attached hydrogens (tertiary/aromatic N) is 5. The Morgan fingerprint density at radius 3 is 2.67 bits per heavy atom. The molecule has 0 aromatic carbocycles. The molecule has 174 valence electrons. The van der Waals surface area contributed by atoms with Crippen LogP contribution >= 0.6 is 11.3 Å². The lowest BCUT2D eigenvalue weighted by atomic mass is 10.1. The smallest absolute Gasteiger partial charge is 0.146 e. The van der Waals surface area contributed by atoms with E-state index in [-0.39, 0.29) is 0 Å². The van der Waals surface area contributed by atoms with Gasteiger partial charge >= 0.3 is 0 Å². The number of thiophene rings is 1. The van der Waals surface area contributed by atoms with Crippen LogP contribution in [0.15, 0.2) is 18.3 Å². The lowest BCUT2D eigenvalue weighted by molar-refractivity contribution is 0.0331. The Bertz CT molecular complexity index is 1120. The maximum Gasteiger partial charge on any atom is 0.146 e. The molecule has 0 amide bonds. The molecule has 0 bridgehead atoms. The lowest BCUT2D eigenvalue weighted by Gasteiger charge is -2.29. The highest BCUT2D eigenvalue weighted by Crippen LogP contribution is 2.39. The first kappa shape index (κ1) is 21.2. The summed E-state index contributed by atoms with van der Waals surface area (Å²) in [7, 11) is 0. The third kappa shape index (κ3) is 4.42. The van der Waals surface area contributed by atoms with Crippen LogP contribution in [0.2, 0.25) is 0 Å². The number of nitrogens with one attached hydrogen (secondary N) is 1. The summed E-state index contributed by atoms with van der Waals surface area (Å²) in [4.78, 5) is 22.1. The molecule has 3 aromatic heterocycles. The van der Waals surface area contributed by atoms with Crippen LogP contribution in [0.25, 0.3) is 10.2 Å². The predicted octanol–water partition coefficient (Wildman–Crippen LogP) is 2.86. The van der Waals surface area contributed by atoms with E-state index in [1.807, 2.05) is 23.6 Å². The van der Waals surface area contributed by atoms with E-state index >= 15 is 0 Å². The van der Waals surface area contributed by atoms with Crippen LogP contribution in [0.3, 0.4) is 0 Å². The molecule has 9 heteroatoms. The molecular weight excluding hydrogens is 436 g/mol. The molecule has 6 rings (SSSR count). The molecule has 8 nitrogen and oxygen atoms in total. The minimum Gasteiger partial charge on any atom is -0.379 e. The second kappa shape index (κ2) is 9.50. The summed E-state index contributed by atoms with van der Waals surface area (Å²) in [5.41, 5.74) is 2.64. The summed E-state index contributed by atoms with van der Waals surface area (Å²) in [5.74, 6) is 2.91. The molecule has 1 aliphatic carbocycles. The zero-order valence-corrected chi connectivity index (χ0v) is 19.7. The lowest BCUT2D eigenvalue weighted by Crippen LogP contribution is -2.37. The molecule has 0 spiro atoms. The van der Waals surface area contributed by atoms with Crippen LogP contribution in [0.4, 0.5) is 11.6 Å². The second-order valence-corrected chi connectivity index (χ2v) is 9.94. The normalized spacial score (nSPS) is 19.2. The number of rotatable bonds is 6. The molecular formula is C24H30N6O2S. The standard InChI is InChI=1S/C24H30N6O2S/c1-4-18-19(5-1)33-24-21(18)22(27-20(28-24)16-29-7-11-31-12-8-29)26-15-17-3-2-6-25-23(17)30-9-13-32-14-10-30/h2-3,6H,1,4-5,7-16H2,(H,26,27,28). The number of pyridine rings is 1. The van der Waals surface area contributed by atoms with Crippen molar-refractivity contribution in [2.24, 2.45) is 0 Å². The van der Waals surface area contributed by atoms with Crippen LogP contribution in [-0.4, -0.2) is 72.5 Å². The van der Waals surface area contributed by atoms with Gasteiger partial charge < -0.3 is 19.7 Å². The minimum atomic E-state index is 0.689. The van der Waals surface area contributed by atoms with Gasteiger partial charge in [-0.15, -0.1) is 11.3 Å². The predicted molar refractivity (Wildman–Crippen MR) is 130 cm³/mol. The van der Waals surface area contributed by atoms with Crippen LogP contribution in [-0.2, 0) is 35.4 Å². The zero-order chi connectivity index (χ0) is 22.0. The summed E-state index contributed by atoms with van der Waals surface area (Å²) < 4.78 is 11.0. The van der Waals surface area contributed by atoms with E-state index in [1.54, 1.807) is 0 Å². The van der Waals surface area contributed by atoms with Crippen molar-refractivity contribution in [1.29, 1.82) is 0 Å². The van der Waals surface area contributed by atoms with Gasteiger partial charge in [-0.05, 0) is 30.9 Å². The monoisotopic (exact) mass is 466 g/mol. The minimum absolute atomic E-state index is 0.689. The van der Waals surface area contributed by atoms with E-state index in [9.17, 15) is 0 Å². The number of morpholine rings is 2. The number of aryl methyl sites for hydroxylation is 2. The average molecular weight is 467 g/mol. The fourth-order valence-electron chi connectivity index (χ4n) is 5.00. The number of aromatic nitrogens is 3. The van der Waals surface area contributed by atoms with Gasteiger partial charge in [-0.3, -0.25) is 4.90 Å². The van der Waals surface area contributed by atoms with Crippen molar-refractivity contribution in [2.75, 3.05) is 62.8 Å². The van der Waals surface area contributed by atoms with Crippen LogP contribution < -0.4 is 10.2 Å². The first-order valence-corrected chi connectivity index (χ1v) is 12.8. The Morgan fingerprint density at radius 2 is 1.82 bits per heavy atom. The molecule has 0 saturated carbocycles. The Kier molecular flexibility index (Phi) is 6.11. The fraction of sp³-hybridized carbons (Fsp3) is 0.542. The summed E-state index contributed by atoms with van der Waals surface area (Å²) >= 11 is 1.86. The number of fused-ring (bicyclic) bond motifs is 3. The van der Waals surface area contributed by atoms with Crippen molar-refractivity contribution in [1.82, 2.24) is 19.9 Å². The van der Waals surface area contributed by atoms with Gasteiger partial charge in [-0.2, -0.15) is 0 Å². The van der Waals surface area contributed by atoms with E-state index in [0.29, 0.717) is 6.54 Å². The fourth-order valence-corrected chi connectivity index (χ4v) is 6.29. The molecule has 33 heavy (non-hydrogen) atoms. The van der Waals surface area contributed by atoms with Crippen LogP contribution in [0.1, 0.15) is 28.2 Å². The van der Waals surface area contributed by atoms with Crippen molar-refractivity contribution in [2.45, 2.75) is 32.4 Å². The van der Waals surface area contributed by atoms with Gasteiger partial charge in [0.25, 0.3) is 0 Å². The van der Waals surface area contributed by atoms with Gasteiger partial charge in [0.05, 0.1) is 38.4 Å². The number of hydrogen-bond donors (Lipinski definition) is 1. The Balaban J connectivity index is 1.30. The highest BCUT2D eigenvalue weighted by Gasteiger charge is 2.24. The van der Waals surface area contributed by atoms with E-state index < -0.39 is 0 Å². The van der Waals surface area contributed by atoms with Gasteiger partial charge in [0.2, 0.25) is 0 Å². The maximum atomic E-state index is 5.54. The zero-order valence-electron chi connectivity index (χ0n) is 18.9. The second-order valence-electron chi connectivity index (χ2n) is 8.85. The Labute approximate surface area is 197 Å². The van der Waals surface area contributed by atoms with Gasteiger partial charge in [0.15, 0.2) is 0 Å². The first-order valence-electron chi connectivity index (χ1n) is 12.0. The summed E-state index contributed by atoms with van der Waals surface area (Å²) in [6.07, 6.45) is 5.40. The summed E-state index contributed by atoms with van der Waals surface area (Å²) in [6.45, 7) is 8.15. The Hall–Kier alpha value is -2.33. The number of hydrogen-bond acceptors (Lipinski definition) is 9. The van der Waals surface area contributed by atoms with Gasteiger partial charge in [-0.1, -0.05) is 6.07 Å². The van der Waals surface area contributed by atoms with Crippen molar-refractivity contribution in [3.63, 3.8) is 0 Å². The van der Waals surface area contributed by atoms with E-state index in [0.717, 1.165) is 87.9 Å². The molecule has 0 atom stereocenters. The number of anilines is 2. The quantitative estimate of drug-likeness (QED) is 0.595. The average Bonchev–Trinajstić information content (AvgIpc) is 3.45. The summed E-state index contributed by atoms with van der Waals surface area (Å²) in [6, 6.07) is 4.18. The largest absolute Gasteiger partial charge is 0.379 e.